The first-order valence-corrected chi connectivity index (χ1v) is 28.5. The molecule has 2 heterocycles. The lowest BCUT2D eigenvalue weighted by Crippen LogP contribution is -2.28. The molecule has 0 bridgehead atoms. The van der Waals surface area contributed by atoms with Gasteiger partial charge in [0.2, 0.25) is 0 Å². The molecule has 3 nitrogen and oxygen atoms in total. The van der Waals surface area contributed by atoms with Gasteiger partial charge in [-0.15, -0.1) is 24.8 Å². The van der Waals surface area contributed by atoms with Crippen molar-refractivity contribution >= 4 is 126 Å². The molecule has 3 atom stereocenters. The zero-order valence-corrected chi connectivity index (χ0v) is 51.5. The molecule has 0 radical (unpaired) electrons. The first-order valence-electron chi connectivity index (χ1n) is 24.0. The molecule has 2 N–H and O–H groups in total. The van der Waals surface area contributed by atoms with Crippen LogP contribution in [0.5, 0.6) is 0 Å². The standard InChI is InChI=1S/2C19H18Cl2F3N.C10H13Cl2N.C9H10Br2.2ClH/c2*1-12(2-3-13-4-7-17(20)18(21)8-13)25-10-14-5-6-16(19(22,23)24)9-15(14)11-25;1-7(13)2-3-8-4-5-9(11)10(12)6-8;1-7-2-3-8(5-10)9(4-7)6-11;;/h2*4-9,12H,2-3,10-11H2,1H3;4-7H,2-3,13H2,1H3;2-4H,5-6H2,1H3;2*1H/t2*12-;7-;;;/m111.../s1. The van der Waals surface area contributed by atoms with E-state index in [-0.39, 0.29) is 42.9 Å². The third-order valence-electron chi connectivity index (χ3n) is 13.0. The van der Waals surface area contributed by atoms with E-state index in [1.165, 1.54) is 46.5 Å². The zero-order chi connectivity index (χ0) is 54.5. The Kier molecular flexibility index (Phi) is 28.7. The lowest BCUT2D eigenvalue weighted by atomic mass is 10.1. The van der Waals surface area contributed by atoms with Gasteiger partial charge in [-0.1, -0.05) is 156 Å². The quantitative estimate of drug-likeness (QED) is 0.0924. The first-order chi connectivity index (χ1) is 34.8. The smallest absolute Gasteiger partial charge is 0.328 e. The average Bonchev–Trinajstić information content (AvgIpc) is 4.00. The van der Waals surface area contributed by atoms with E-state index in [0.717, 1.165) is 82.6 Å². The van der Waals surface area contributed by atoms with Gasteiger partial charge in [-0.3, -0.25) is 9.80 Å². The van der Waals surface area contributed by atoms with E-state index >= 15 is 0 Å². The molecular formula is C57H61Br2Cl8F6N3. The van der Waals surface area contributed by atoms with Crippen LogP contribution in [0.25, 0.3) is 0 Å². The Morgan fingerprint density at radius 2 is 0.816 bits per heavy atom. The summed E-state index contributed by atoms with van der Waals surface area (Å²) in [6.45, 7) is 10.8. The van der Waals surface area contributed by atoms with Gasteiger partial charge in [0.05, 0.1) is 41.3 Å². The zero-order valence-electron chi connectivity index (χ0n) is 42.2. The van der Waals surface area contributed by atoms with E-state index in [1.807, 2.05) is 49.4 Å². The largest absolute Gasteiger partial charge is 0.416 e. The van der Waals surface area contributed by atoms with Gasteiger partial charge in [0, 0.05) is 55.0 Å². The molecule has 76 heavy (non-hydrogen) atoms. The lowest BCUT2D eigenvalue weighted by molar-refractivity contribution is -0.138. The molecular weight excluding hydrogens is 1280 g/mol. The number of hydrogen-bond donors (Lipinski definition) is 1. The van der Waals surface area contributed by atoms with Crippen LogP contribution in [0.3, 0.4) is 0 Å². The predicted molar refractivity (Wildman–Crippen MR) is 319 cm³/mol. The Morgan fingerprint density at radius 1 is 0.461 bits per heavy atom. The fraction of sp³-hybridized carbons (Fsp3) is 0.368. The fourth-order valence-electron chi connectivity index (χ4n) is 8.42. The van der Waals surface area contributed by atoms with Gasteiger partial charge in [-0.25, -0.2) is 0 Å². The number of aryl methyl sites for hydroxylation is 4. The van der Waals surface area contributed by atoms with Crippen LogP contribution >= 0.6 is 126 Å². The van der Waals surface area contributed by atoms with Crippen LogP contribution in [0.1, 0.15) is 107 Å². The molecule has 2 aliphatic heterocycles. The normalized spacial score (nSPS) is 14.2. The lowest BCUT2D eigenvalue weighted by Gasteiger charge is -2.23. The summed E-state index contributed by atoms with van der Waals surface area (Å²) in [7, 11) is 0. The first kappa shape index (κ1) is 68.3. The maximum Gasteiger partial charge on any atom is 0.416 e. The molecule has 416 valence electrons. The van der Waals surface area contributed by atoms with Crippen LogP contribution in [0, 0.1) is 6.92 Å². The predicted octanol–water partition coefficient (Wildman–Crippen LogP) is 20.6. The highest BCUT2D eigenvalue weighted by Gasteiger charge is 2.34. The number of halogens is 16. The molecule has 2 aliphatic rings. The van der Waals surface area contributed by atoms with Gasteiger partial charge in [-0.2, -0.15) is 26.3 Å². The summed E-state index contributed by atoms with van der Waals surface area (Å²) >= 11 is 42.5. The van der Waals surface area contributed by atoms with Gasteiger partial charge < -0.3 is 5.73 Å². The second kappa shape index (κ2) is 31.9. The Bertz CT molecular complexity index is 2670. The van der Waals surface area contributed by atoms with E-state index in [9.17, 15) is 26.3 Å². The van der Waals surface area contributed by atoms with Crippen LogP contribution < -0.4 is 5.73 Å². The van der Waals surface area contributed by atoms with Crippen molar-refractivity contribution < 1.29 is 26.3 Å². The summed E-state index contributed by atoms with van der Waals surface area (Å²) in [5.41, 5.74) is 15.5. The van der Waals surface area contributed by atoms with Crippen molar-refractivity contribution in [2.24, 2.45) is 5.73 Å². The molecule has 0 spiro atoms. The average molecular weight is 1350 g/mol. The highest BCUT2D eigenvalue weighted by atomic mass is 79.9. The van der Waals surface area contributed by atoms with E-state index in [1.54, 1.807) is 24.3 Å². The summed E-state index contributed by atoms with van der Waals surface area (Å²) in [6, 6.07) is 32.3. The maximum atomic E-state index is 12.8. The Morgan fingerprint density at radius 3 is 1.14 bits per heavy atom. The molecule has 6 aromatic carbocycles. The molecule has 8 rings (SSSR count). The molecule has 19 heteroatoms. The van der Waals surface area contributed by atoms with Crippen molar-refractivity contribution in [1.29, 1.82) is 0 Å². The molecule has 0 aromatic heterocycles. The van der Waals surface area contributed by atoms with Crippen LogP contribution in [-0.2, 0) is 68.5 Å². The Hall–Kier alpha value is -1.94. The Balaban J connectivity index is 0.000000280. The molecule has 0 fully saturated rings. The number of rotatable bonds is 13. The number of benzene rings is 6. The SMILES string of the molecule is C[C@@H](N)CCc1ccc(Cl)c(Cl)c1.C[C@H](CCc1ccc(Cl)c(Cl)c1)N1Cc2ccc(C(F)(F)F)cc2C1.C[C@H](CCc1ccc(Cl)c(Cl)c1)N1Cc2ccc(C(F)(F)F)cc2C1.Cc1ccc(CBr)c(CBr)c1.Cl.Cl. The van der Waals surface area contributed by atoms with Crippen molar-refractivity contribution in [3.8, 4) is 0 Å². The van der Waals surface area contributed by atoms with Crippen molar-refractivity contribution in [2.45, 2.75) is 134 Å². The van der Waals surface area contributed by atoms with Gasteiger partial charge in [0.1, 0.15) is 0 Å². The van der Waals surface area contributed by atoms with Gasteiger partial charge in [-0.05, 0) is 177 Å². The highest BCUT2D eigenvalue weighted by Crippen LogP contribution is 2.36. The number of fused-ring (bicyclic) bond motifs is 2. The molecule has 0 unspecified atom stereocenters. The minimum atomic E-state index is -4.29. The molecule has 0 saturated carbocycles. The summed E-state index contributed by atoms with van der Waals surface area (Å²) in [4.78, 5) is 4.42. The molecule has 0 aliphatic carbocycles. The second-order valence-corrected chi connectivity index (χ2v) is 22.4. The van der Waals surface area contributed by atoms with Crippen molar-refractivity contribution in [2.75, 3.05) is 0 Å². The van der Waals surface area contributed by atoms with E-state index in [4.69, 9.17) is 75.3 Å². The minimum absolute atomic E-state index is 0. The highest BCUT2D eigenvalue weighted by molar-refractivity contribution is 9.09. The maximum absolute atomic E-state index is 12.8. The molecule has 0 saturated heterocycles. The summed E-state index contributed by atoms with van der Waals surface area (Å²) < 4.78 is 77.1. The third kappa shape index (κ3) is 21.2. The number of nitrogens with zero attached hydrogens (tertiary/aromatic N) is 2. The van der Waals surface area contributed by atoms with Gasteiger partial charge in [0.15, 0.2) is 0 Å². The van der Waals surface area contributed by atoms with Gasteiger partial charge >= 0.3 is 12.4 Å². The van der Waals surface area contributed by atoms with Crippen LogP contribution in [0.15, 0.2) is 109 Å². The van der Waals surface area contributed by atoms with Crippen LogP contribution in [0.2, 0.25) is 30.1 Å². The van der Waals surface area contributed by atoms with E-state index < -0.39 is 23.5 Å². The van der Waals surface area contributed by atoms with Crippen molar-refractivity contribution in [1.82, 2.24) is 9.80 Å². The third-order valence-corrected chi connectivity index (χ3v) is 16.4. The van der Waals surface area contributed by atoms with Crippen molar-refractivity contribution in [3.63, 3.8) is 0 Å². The number of hydrogen-bond acceptors (Lipinski definition) is 3. The van der Waals surface area contributed by atoms with Crippen LogP contribution in [0.4, 0.5) is 26.3 Å². The summed E-state index contributed by atoms with van der Waals surface area (Å²) in [5, 5.41) is 5.25. The number of nitrogens with two attached hydrogens (primary N) is 1. The van der Waals surface area contributed by atoms with E-state index in [2.05, 4.69) is 80.6 Å². The second-order valence-electron chi connectivity index (χ2n) is 18.8. The minimum Gasteiger partial charge on any atom is -0.328 e. The fourth-order valence-corrected chi connectivity index (χ4v) is 10.5. The molecule has 0 amide bonds. The van der Waals surface area contributed by atoms with Crippen molar-refractivity contribution in [3.05, 3.63) is 206 Å². The summed E-state index contributed by atoms with van der Waals surface area (Å²) in [6.07, 6.45) is -3.16. The van der Waals surface area contributed by atoms with Crippen LogP contribution in [-0.4, -0.2) is 27.9 Å². The monoisotopic (exact) mass is 1340 g/mol. The number of alkyl halides is 8. The van der Waals surface area contributed by atoms with E-state index in [0.29, 0.717) is 56.3 Å². The molecule has 6 aromatic rings. The van der Waals surface area contributed by atoms with Gasteiger partial charge in [0.25, 0.3) is 0 Å². The Labute approximate surface area is 503 Å². The summed E-state index contributed by atoms with van der Waals surface area (Å²) in [5.74, 6) is 0. The topological polar surface area (TPSA) is 32.5 Å².